The lowest BCUT2D eigenvalue weighted by Gasteiger charge is -2.09. The van der Waals surface area contributed by atoms with Gasteiger partial charge in [0.1, 0.15) is 6.33 Å². The van der Waals surface area contributed by atoms with Crippen molar-refractivity contribution in [3.63, 3.8) is 0 Å². The average molecular weight is 348 g/mol. The smallest absolute Gasteiger partial charge is 0.416 e. The van der Waals surface area contributed by atoms with Gasteiger partial charge in [-0.1, -0.05) is 12.1 Å². The highest BCUT2D eigenvalue weighted by Crippen LogP contribution is 2.29. The third-order valence-corrected chi connectivity index (χ3v) is 3.53. The molecule has 0 fully saturated rings. The Morgan fingerprint density at radius 3 is 2.36 bits per heavy atom. The van der Waals surface area contributed by atoms with Crippen LogP contribution in [-0.4, -0.2) is 31.3 Å². The second-order valence-corrected chi connectivity index (χ2v) is 5.32. The minimum absolute atomic E-state index is 0.0370. The molecule has 0 atom stereocenters. The van der Waals surface area contributed by atoms with Crippen molar-refractivity contribution >= 4 is 5.97 Å². The zero-order valence-electron chi connectivity index (χ0n) is 12.6. The van der Waals surface area contributed by atoms with E-state index in [1.54, 1.807) is 6.07 Å². The summed E-state index contributed by atoms with van der Waals surface area (Å²) in [6.07, 6.45) is -2.80. The number of rotatable bonds is 4. The molecule has 3 rings (SSSR count). The van der Waals surface area contributed by atoms with Gasteiger partial charge < -0.3 is 5.11 Å². The molecule has 0 amide bonds. The Hall–Kier alpha value is -3.23. The Labute approximate surface area is 139 Å². The first kappa shape index (κ1) is 16.6. The summed E-state index contributed by atoms with van der Waals surface area (Å²) in [4.78, 5) is 11.3. The molecule has 1 aromatic heterocycles. The molecule has 0 aliphatic rings. The van der Waals surface area contributed by atoms with Crippen molar-refractivity contribution in [3.05, 3.63) is 71.0 Å². The second-order valence-electron chi connectivity index (χ2n) is 5.32. The van der Waals surface area contributed by atoms with Gasteiger partial charge in [-0.3, -0.25) is 0 Å². The van der Waals surface area contributed by atoms with E-state index in [0.717, 1.165) is 12.1 Å². The van der Waals surface area contributed by atoms with E-state index < -0.39 is 17.7 Å². The Bertz CT molecular complexity index is 891. The molecule has 6 nitrogen and oxygen atoms in total. The Balaban J connectivity index is 1.93. The van der Waals surface area contributed by atoms with Crippen LogP contribution in [0.15, 0.2) is 48.8 Å². The van der Waals surface area contributed by atoms with Crippen LogP contribution in [0, 0.1) is 0 Å². The number of carbonyl (C=O) groups is 1. The van der Waals surface area contributed by atoms with E-state index in [4.69, 9.17) is 0 Å². The summed E-state index contributed by atoms with van der Waals surface area (Å²) >= 11 is 0. The summed E-state index contributed by atoms with van der Waals surface area (Å²) in [6, 6.07) is 9.29. The summed E-state index contributed by atoms with van der Waals surface area (Å²) in [5.74, 6) is -1.12. The number of alkyl halides is 3. The van der Waals surface area contributed by atoms with Gasteiger partial charge in [-0.05, 0) is 58.3 Å². The molecule has 0 saturated heterocycles. The third kappa shape index (κ3) is 3.82. The van der Waals surface area contributed by atoms with Crippen LogP contribution in [0.4, 0.5) is 13.2 Å². The number of aromatic nitrogens is 4. The highest BCUT2D eigenvalue weighted by Gasteiger charge is 2.29. The van der Waals surface area contributed by atoms with E-state index in [0.29, 0.717) is 16.8 Å². The molecular formula is C16H11F3N4O2. The van der Waals surface area contributed by atoms with Crippen molar-refractivity contribution in [2.45, 2.75) is 12.6 Å². The lowest BCUT2D eigenvalue weighted by molar-refractivity contribution is -0.137. The van der Waals surface area contributed by atoms with E-state index in [9.17, 15) is 23.1 Å². The monoisotopic (exact) mass is 348 g/mol. The predicted octanol–water partition coefficient (Wildman–Crippen LogP) is 2.97. The van der Waals surface area contributed by atoms with Crippen molar-refractivity contribution in [1.82, 2.24) is 20.2 Å². The third-order valence-electron chi connectivity index (χ3n) is 3.53. The zero-order chi connectivity index (χ0) is 18.0. The number of carboxylic acids is 1. The van der Waals surface area contributed by atoms with Crippen LogP contribution in [0.2, 0.25) is 0 Å². The van der Waals surface area contributed by atoms with Gasteiger partial charge >= 0.3 is 12.1 Å². The number of tetrazole rings is 1. The molecule has 3 aromatic rings. The van der Waals surface area contributed by atoms with Gasteiger partial charge in [0.05, 0.1) is 16.8 Å². The Morgan fingerprint density at radius 1 is 1.08 bits per heavy atom. The van der Waals surface area contributed by atoms with Gasteiger partial charge in [0.25, 0.3) is 0 Å². The summed E-state index contributed by atoms with van der Waals surface area (Å²) in [5, 5.41) is 19.9. The molecule has 128 valence electrons. The first-order chi connectivity index (χ1) is 11.8. The molecule has 0 unspecified atom stereocenters. The molecule has 0 bridgehead atoms. The molecule has 0 saturated carbocycles. The molecule has 0 spiro atoms. The van der Waals surface area contributed by atoms with Crippen LogP contribution < -0.4 is 0 Å². The van der Waals surface area contributed by atoms with Crippen LogP contribution >= 0.6 is 0 Å². The fraction of sp³-hybridized carbons (Fsp3) is 0.125. The molecule has 1 N–H and O–H groups in total. The standard InChI is InChI=1S/C16H11F3N4O2/c17-16(18,19)13-3-1-10(2-4-13)5-11-6-12(15(24)25)8-14(7-11)23-9-20-21-22-23/h1-4,6-9H,5H2,(H,24,25). The highest BCUT2D eigenvalue weighted by atomic mass is 19.4. The normalized spacial score (nSPS) is 11.5. The van der Waals surface area contributed by atoms with E-state index in [2.05, 4.69) is 15.5 Å². The van der Waals surface area contributed by atoms with E-state index in [1.165, 1.54) is 35.3 Å². The lowest BCUT2D eigenvalue weighted by Crippen LogP contribution is -2.05. The first-order valence-electron chi connectivity index (χ1n) is 7.10. The fourth-order valence-electron chi connectivity index (χ4n) is 2.36. The topological polar surface area (TPSA) is 80.9 Å². The quantitative estimate of drug-likeness (QED) is 0.784. The number of benzene rings is 2. The van der Waals surface area contributed by atoms with Crippen molar-refractivity contribution < 1.29 is 23.1 Å². The van der Waals surface area contributed by atoms with E-state index >= 15 is 0 Å². The minimum atomic E-state index is -4.39. The second kappa shape index (κ2) is 6.34. The van der Waals surface area contributed by atoms with E-state index in [-0.39, 0.29) is 12.0 Å². The minimum Gasteiger partial charge on any atom is -0.478 e. The lowest BCUT2D eigenvalue weighted by atomic mass is 10.0. The molecule has 9 heteroatoms. The summed E-state index contributed by atoms with van der Waals surface area (Å²) in [5.41, 5.74) is 0.995. The number of halogens is 3. The average Bonchev–Trinajstić information content (AvgIpc) is 3.08. The Morgan fingerprint density at radius 2 is 1.80 bits per heavy atom. The highest BCUT2D eigenvalue weighted by molar-refractivity contribution is 5.88. The van der Waals surface area contributed by atoms with Crippen LogP contribution in [-0.2, 0) is 12.6 Å². The van der Waals surface area contributed by atoms with Gasteiger partial charge in [-0.2, -0.15) is 13.2 Å². The van der Waals surface area contributed by atoms with Crippen molar-refractivity contribution in [2.24, 2.45) is 0 Å². The number of aromatic carboxylic acids is 1. The first-order valence-corrected chi connectivity index (χ1v) is 7.10. The van der Waals surface area contributed by atoms with Crippen LogP contribution in [0.3, 0.4) is 0 Å². The maximum absolute atomic E-state index is 12.6. The molecule has 0 aliphatic carbocycles. The van der Waals surface area contributed by atoms with Gasteiger partial charge in [0.2, 0.25) is 0 Å². The largest absolute Gasteiger partial charge is 0.478 e. The van der Waals surface area contributed by atoms with Gasteiger partial charge in [0, 0.05) is 0 Å². The maximum atomic E-state index is 12.6. The number of carboxylic acid groups (broad SMARTS) is 1. The van der Waals surface area contributed by atoms with Gasteiger partial charge in [0.15, 0.2) is 0 Å². The molecule has 0 radical (unpaired) electrons. The molecule has 25 heavy (non-hydrogen) atoms. The Kier molecular flexibility index (Phi) is 4.22. The molecule has 2 aromatic carbocycles. The van der Waals surface area contributed by atoms with Crippen LogP contribution in [0.25, 0.3) is 5.69 Å². The summed E-state index contributed by atoms with van der Waals surface area (Å²) < 4.78 is 39.1. The summed E-state index contributed by atoms with van der Waals surface area (Å²) in [7, 11) is 0. The van der Waals surface area contributed by atoms with E-state index in [1.807, 2.05) is 0 Å². The number of nitrogens with zero attached hydrogens (tertiary/aromatic N) is 4. The van der Waals surface area contributed by atoms with Crippen molar-refractivity contribution in [1.29, 1.82) is 0 Å². The predicted molar refractivity (Wildman–Crippen MR) is 80.4 cm³/mol. The summed E-state index contributed by atoms with van der Waals surface area (Å²) in [6.45, 7) is 0. The number of hydrogen-bond acceptors (Lipinski definition) is 4. The molecule has 1 heterocycles. The van der Waals surface area contributed by atoms with Gasteiger partial charge in [-0.15, -0.1) is 5.10 Å². The number of hydrogen-bond donors (Lipinski definition) is 1. The van der Waals surface area contributed by atoms with Crippen LogP contribution in [0.5, 0.6) is 0 Å². The van der Waals surface area contributed by atoms with Crippen molar-refractivity contribution in [2.75, 3.05) is 0 Å². The maximum Gasteiger partial charge on any atom is 0.416 e. The van der Waals surface area contributed by atoms with Crippen molar-refractivity contribution in [3.8, 4) is 5.69 Å². The molecule has 0 aliphatic heterocycles. The zero-order valence-corrected chi connectivity index (χ0v) is 12.6. The van der Waals surface area contributed by atoms with Crippen LogP contribution in [0.1, 0.15) is 27.0 Å². The van der Waals surface area contributed by atoms with Gasteiger partial charge in [-0.25, -0.2) is 9.48 Å². The SMILES string of the molecule is O=C(O)c1cc(Cc2ccc(C(F)(F)F)cc2)cc(-n2cnnn2)c1. The molecular weight excluding hydrogens is 337 g/mol. The fourth-order valence-corrected chi connectivity index (χ4v) is 2.36.